The van der Waals surface area contributed by atoms with Crippen molar-refractivity contribution in [3.8, 4) is 0 Å². The van der Waals surface area contributed by atoms with Gasteiger partial charge in [0, 0.05) is 0 Å². The zero-order valence-electron chi connectivity index (χ0n) is 11.8. The van der Waals surface area contributed by atoms with E-state index in [0.29, 0.717) is 11.3 Å². The Kier molecular flexibility index (Phi) is 3.43. The van der Waals surface area contributed by atoms with E-state index in [1.54, 1.807) is 45.0 Å². The third-order valence-electron chi connectivity index (χ3n) is 3.05. The molecule has 0 spiro atoms. The molecule has 1 saturated heterocycles. The van der Waals surface area contributed by atoms with Gasteiger partial charge in [0.25, 0.3) is 0 Å². The molecular formula is C15H17FN2O2. The minimum Gasteiger partial charge on any atom is -0.444 e. The number of alkyl halides is 1. The molecule has 5 heteroatoms. The number of hydrogen-bond donors (Lipinski definition) is 0. The molecule has 0 unspecified atom stereocenters. The fraction of sp³-hybridized carbons (Fsp3) is 0.467. The fourth-order valence-electron chi connectivity index (χ4n) is 2.03. The topological polar surface area (TPSA) is 33.9 Å². The summed E-state index contributed by atoms with van der Waals surface area (Å²) >= 11 is 0. The Morgan fingerprint density at radius 1 is 1.35 bits per heavy atom. The molecule has 1 aromatic rings. The number of hydrogen-bond acceptors (Lipinski definition) is 2. The Balaban J connectivity index is 2.00. The molecule has 0 bridgehead atoms. The number of benzene rings is 1. The number of carbonyl (C=O) groups excluding carboxylic acids is 1. The molecule has 0 radical (unpaired) electrons. The molecule has 1 amide bonds. The third kappa shape index (κ3) is 2.90. The number of nitrogens with zero attached hydrogens (tertiary/aromatic N) is 2. The van der Waals surface area contributed by atoms with Gasteiger partial charge in [-0.3, -0.25) is 0 Å². The van der Waals surface area contributed by atoms with Gasteiger partial charge in [0.15, 0.2) is 11.4 Å². The van der Waals surface area contributed by atoms with Crippen molar-refractivity contribution in [2.45, 2.75) is 32.0 Å². The minimum absolute atomic E-state index is 0.0146. The number of amides is 1. The van der Waals surface area contributed by atoms with Crippen LogP contribution in [-0.2, 0) is 10.4 Å². The van der Waals surface area contributed by atoms with Gasteiger partial charge in [-0.25, -0.2) is 14.0 Å². The second-order valence-corrected chi connectivity index (χ2v) is 5.96. The van der Waals surface area contributed by atoms with E-state index in [4.69, 9.17) is 11.3 Å². The highest BCUT2D eigenvalue weighted by molar-refractivity contribution is 5.70. The van der Waals surface area contributed by atoms with Crippen LogP contribution in [0.25, 0.3) is 4.85 Å². The summed E-state index contributed by atoms with van der Waals surface area (Å²) in [7, 11) is 0. The van der Waals surface area contributed by atoms with Crippen molar-refractivity contribution in [1.29, 1.82) is 0 Å². The zero-order valence-corrected chi connectivity index (χ0v) is 11.8. The van der Waals surface area contributed by atoms with E-state index in [2.05, 4.69) is 4.85 Å². The van der Waals surface area contributed by atoms with Crippen molar-refractivity contribution in [2.24, 2.45) is 0 Å². The smallest absolute Gasteiger partial charge is 0.410 e. The molecule has 4 nitrogen and oxygen atoms in total. The van der Waals surface area contributed by atoms with E-state index in [-0.39, 0.29) is 13.1 Å². The highest BCUT2D eigenvalue weighted by atomic mass is 19.1. The van der Waals surface area contributed by atoms with E-state index < -0.39 is 17.4 Å². The summed E-state index contributed by atoms with van der Waals surface area (Å²) in [5, 5.41) is 0. The second kappa shape index (κ2) is 4.78. The Hall–Kier alpha value is -2.09. The van der Waals surface area contributed by atoms with Gasteiger partial charge in [-0.15, -0.1) is 0 Å². The molecule has 1 aliphatic heterocycles. The molecule has 1 aliphatic rings. The van der Waals surface area contributed by atoms with E-state index >= 15 is 0 Å². The third-order valence-corrected chi connectivity index (χ3v) is 3.05. The molecule has 2 rings (SSSR count). The van der Waals surface area contributed by atoms with E-state index in [9.17, 15) is 9.18 Å². The van der Waals surface area contributed by atoms with Gasteiger partial charge >= 0.3 is 6.09 Å². The number of likely N-dealkylation sites (tertiary alicyclic amines) is 1. The van der Waals surface area contributed by atoms with E-state index in [1.807, 2.05) is 0 Å². The normalized spacial score (nSPS) is 17.1. The van der Waals surface area contributed by atoms with Crippen molar-refractivity contribution < 1.29 is 13.9 Å². The predicted molar refractivity (Wildman–Crippen MR) is 73.3 cm³/mol. The van der Waals surface area contributed by atoms with Crippen molar-refractivity contribution in [1.82, 2.24) is 4.90 Å². The number of ether oxygens (including phenoxy) is 1. The molecule has 0 aromatic heterocycles. The van der Waals surface area contributed by atoms with Crippen molar-refractivity contribution in [3.63, 3.8) is 0 Å². The van der Waals surface area contributed by atoms with Crippen LogP contribution in [0.15, 0.2) is 24.3 Å². The van der Waals surface area contributed by atoms with Gasteiger partial charge in [0.1, 0.15) is 5.60 Å². The summed E-state index contributed by atoms with van der Waals surface area (Å²) in [6, 6.07) is 6.36. The van der Waals surface area contributed by atoms with E-state index in [1.165, 1.54) is 4.90 Å². The first kappa shape index (κ1) is 14.3. The summed E-state index contributed by atoms with van der Waals surface area (Å²) in [5.41, 5.74) is -1.16. The molecule has 0 atom stereocenters. The summed E-state index contributed by atoms with van der Waals surface area (Å²) < 4.78 is 19.8. The van der Waals surface area contributed by atoms with Crippen molar-refractivity contribution in [3.05, 3.63) is 41.2 Å². The lowest BCUT2D eigenvalue weighted by Crippen LogP contribution is -2.59. The SMILES string of the molecule is [C-]#[N+]c1ccc(C2(F)CN(C(=O)OC(C)(C)C)C2)cc1. The lowest BCUT2D eigenvalue weighted by atomic mass is 9.88. The Morgan fingerprint density at radius 2 is 1.90 bits per heavy atom. The summed E-state index contributed by atoms with van der Waals surface area (Å²) in [6.07, 6.45) is -0.497. The maximum absolute atomic E-state index is 14.6. The van der Waals surface area contributed by atoms with Crippen LogP contribution >= 0.6 is 0 Å². The molecule has 20 heavy (non-hydrogen) atoms. The first-order valence-corrected chi connectivity index (χ1v) is 6.38. The van der Waals surface area contributed by atoms with Gasteiger partial charge in [-0.05, 0) is 26.3 Å². The Morgan fingerprint density at radius 3 is 2.35 bits per heavy atom. The molecule has 106 valence electrons. The summed E-state index contributed by atoms with van der Waals surface area (Å²) in [6.45, 7) is 12.2. The predicted octanol–water partition coefficient (Wildman–Crippen LogP) is 3.65. The highest BCUT2D eigenvalue weighted by Crippen LogP contribution is 2.37. The van der Waals surface area contributed by atoms with Crippen molar-refractivity contribution in [2.75, 3.05) is 13.1 Å². The molecule has 1 fully saturated rings. The maximum Gasteiger partial charge on any atom is 0.410 e. The lowest BCUT2D eigenvalue weighted by Gasteiger charge is -2.44. The van der Waals surface area contributed by atoms with Crippen LogP contribution in [-0.4, -0.2) is 29.7 Å². The van der Waals surface area contributed by atoms with Crippen molar-refractivity contribution >= 4 is 11.8 Å². The number of halogens is 1. The van der Waals surface area contributed by atoms with Gasteiger partial charge in [0.2, 0.25) is 0 Å². The zero-order chi connectivity index (χ0) is 15.0. The monoisotopic (exact) mass is 276 g/mol. The first-order valence-electron chi connectivity index (χ1n) is 6.38. The standard InChI is InChI=1S/C15H17FN2O2/c1-14(2,3)20-13(19)18-9-15(16,10-18)11-5-7-12(17-4)8-6-11/h5-8H,9-10H2,1-3H3. The molecule has 0 saturated carbocycles. The van der Waals surface area contributed by atoms with Crippen LogP contribution in [0.3, 0.4) is 0 Å². The van der Waals surface area contributed by atoms with Crippen LogP contribution in [0, 0.1) is 6.57 Å². The number of rotatable bonds is 1. The maximum atomic E-state index is 14.6. The van der Waals surface area contributed by atoms with E-state index in [0.717, 1.165) is 0 Å². The van der Waals surface area contributed by atoms with Gasteiger partial charge in [-0.2, -0.15) is 0 Å². The van der Waals surface area contributed by atoms with Gasteiger partial charge < -0.3 is 9.64 Å². The molecule has 0 aliphatic carbocycles. The average molecular weight is 276 g/mol. The second-order valence-electron chi connectivity index (χ2n) is 5.96. The van der Waals surface area contributed by atoms with Gasteiger partial charge in [-0.1, -0.05) is 24.3 Å². The first-order chi connectivity index (χ1) is 9.23. The molecular weight excluding hydrogens is 259 g/mol. The van der Waals surface area contributed by atoms with Crippen LogP contribution < -0.4 is 0 Å². The Labute approximate surface area is 118 Å². The summed E-state index contributed by atoms with van der Waals surface area (Å²) in [4.78, 5) is 16.4. The van der Waals surface area contributed by atoms with Crippen LogP contribution in [0.4, 0.5) is 14.9 Å². The Bertz CT molecular complexity index is 549. The minimum atomic E-state index is -1.54. The van der Waals surface area contributed by atoms with Crippen LogP contribution in [0.2, 0.25) is 0 Å². The molecule has 1 heterocycles. The highest BCUT2D eigenvalue weighted by Gasteiger charge is 2.48. The van der Waals surface area contributed by atoms with Crippen LogP contribution in [0.1, 0.15) is 26.3 Å². The molecule has 1 aromatic carbocycles. The largest absolute Gasteiger partial charge is 0.444 e. The average Bonchev–Trinajstić information content (AvgIpc) is 2.33. The lowest BCUT2D eigenvalue weighted by molar-refractivity contribution is -0.0537. The quantitative estimate of drug-likeness (QED) is 0.734. The van der Waals surface area contributed by atoms with Crippen LogP contribution in [0.5, 0.6) is 0 Å². The van der Waals surface area contributed by atoms with Gasteiger partial charge in [0.05, 0.1) is 19.7 Å². The molecule has 0 N–H and O–H groups in total. The fourth-order valence-corrected chi connectivity index (χ4v) is 2.03. The summed E-state index contributed by atoms with van der Waals surface area (Å²) in [5.74, 6) is 0. The number of carbonyl (C=O) groups is 1.